The van der Waals surface area contributed by atoms with Crippen LogP contribution in [0.3, 0.4) is 0 Å². The maximum atomic E-state index is 11.0. The van der Waals surface area contributed by atoms with Crippen LogP contribution in [0.5, 0.6) is 5.75 Å². The average molecular weight is 291 g/mol. The molecule has 0 bridgehead atoms. The van der Waals surface area contributed by atoms with Gasteiger partial charge in [-0.15, -0.1) is 0 Å². The van der Waals surface area contributed by atoms with Crippen molar-refractivity contribution in [1.82, 2.24) is 0 Å². The van der Waals surface area contributed by atoms with Gasteiger partial charge in [-0.25, -0.2) is 0 Å². The van der Waals surface area contributed by atoms with Crippen molar-refractivity contribution in [2.24, 2.45) is 0 Å². The normalized spacial score (nSPS) is 11.2. The molecule has 0 amide bonds. The second kappa shape index (κ2) is 6.92. The van der Waals surface area contributed by atoms with Crippen molar-refractivity contribution < 1.29 is 14.4 Å². The van der Waals surface area contributed by atoms with Gasteiger partial charge in [-0.1, -0.05) is 12.2 Å². The highest BCUT2D eigenvalue weighted by molar-refractivity contribution is 5.55. The average Bonchev–Trinajstić information content (AvgIpc) is 2.41. The first-order valence-corrected chi connectivity index (χ1v) is 6.58. The van der Waals surface area contributed by atoms with E-state index in [0.717, 1.165) is 16.7 Å². The SMILES string of the molecule is C=C(C)C(C)=COCOc1c(C)cc([N+](=O)[O-])c(C)c1C. The molecule has 0 fully saturated rings. The number of rotatable bonds is 6. The fourth-order valence-electron chi connectivity index (χ4n) is 1.80. The van der Waals surface area contributed by atoms with Gasteiger partial charge in [0, 0.05) is 17.2 Å². The minimum atomic E-state index is -0.380. The quantitative estimate of drug-likeness (QED) is 0.195. The lowest BCUT2D eigenvalue weighted by atomic mass is 10.0. The van der Waals surface area contributed by atoms with Crippen LogP contribution in [0, 0.1) is 30.9 Å². The Kier molecular flexibility index (Phi) is 5.52. The molecule has 0 atom stereocenters. The van der Waals surface area contributed by atoms with Crippen molar-refractivity contribution in [3.8, 4) is 5.75 Å². The maximum Gasteiger partial charge on any atom is 0.273 e. The predicted molar refractivity (Wildman–Crippen MR) is 82.5 cm³/mol. The lowest BCUT2D eigenvalue weighted by Crippen LogP contribution is -2.05. The molecule has 0 aliphatic heterocycles. The van der Waals surface area contributed by atoms with E-state index in [4.69, 9.17) is 9.47 Å². The fraction of sp³-hybridized carbons (Fsp3) is 0.375. The number of aryl methyl sites for hydroxylation is 1. The Labute approximate surface area is 125 Å². The van der Waals surface area contributed by atoms with Crippen molar-refractivity contribution in [3.05, 3.63) is 56.9 Å². The number of nitrogens with zero attached hydrogens (tertiary/aromatic N) is 1. The lowest BCUT2D eigenvalue weighted by molar-refractivity contribution is -0.385. The first kappa shape index (κ1) is 16.8. The highest BCUT2D eigenvalue weighted by Crippen LogP contribution is 2.32. The summed E-state index contributed by atoms with van der Waals surface area (Å²) in [6, 6.07) is 1.52. The fourth-order valence-corrected chi connectivity index (χ4v) is 1.80. The molecule has 1 aromatic carbocycles. The molecule has 0 heterocycles. The van der Waals surface area contributed by atoms with Crippen molar-refractivity contribution in [2.75, 3.05) is 6.79 Å². The Morgan fingerprint density at radius 3 is 2.48 bits per heavy atom. The van der Waals surface area contributed by atoms with Crippen molar-refractivity contribution >= 4 is 5.69 Å². The van der Waals surface area contributed by atoms with Gasteiger partial charge in [-0.2, -0.15) is 0 Å². The van der Waals surface area contributed by atoms with Crippen LogP contribution in [-0.4, -0.2) is 11.7 Å². The number of benzene rings is 1. The van der Waals surface area contributed by atoms with E-state index < -0.39 is 0 Å². The Morgan fingerprint density at radius 2 is 1.95 bits per heavy atom. The molecule has 21 heavy (non-hydrogen) atoms. The molecule has 0 radical (unpaired) electrons. The zero-order valence-corrected chi connectivity index (χ0v) is 13.1. The van der Waals surface area contributed by atoms with Gasteiger partial charge in [0.25, 0.3) is 5.69 Å². The van der Waals surface area contributed by atoms with E-state index in [-0.39, 0.29) is 17.4 Å². The Bertz CT molecular complexity index is 603. The number of hydrogen-bond donors (Lipinski definition) is 0. The van der Waals surface area contributed by atoms with E-state index in [1.807, 2.05) is 13.8 Å². The highest BCUT2D eigenvalue weighted by Gasteiger charge is 2.18. The summed E-state index contributed by atoms with van der Waals surface area (Å²) in [5, 5.41) is 11.0. The molecule has 1 rings (SSSR count). The van der Waals surface area contributed by atoms with Crippen LogP contribution in [0.25, 0.3) is 0 Å². The van der Waals surface area contributed by atoms with E-state index in [1.165, 1.54) is 6.07 Å². The van der Waals surface area contributed by atoms with Crippen molar-refractivity contribution in [3.63, 3.8) is 0 Å². The molecule has 5 heteroatoms. The minimum Gasteiger partial charge on any atom is -0.465 e. The van der Waals surface area contributed by atoms with E-state index in [2.05, 4.69) is 6.58 Å². The zero-order chi connectivity index (χ0) is 16.2. The molecule has 0 aliphatic carbocycles. The van der Waals surface area contributed by atoms with Crippen molar-refractivity contribution in [2.45, 2.75) is 34.6 Å². The van der Waals surface area contributed by atoms with Gasteiger partial charge in [-0.3, -0.25) is 10.1 Å². The van der Waals surface area contributed by atoms with Crippen LogP contribution in [0.4, 0.5) is 5.69 Å². The van der Waals surface area contributed by atoms with Gasteiger partial charge < -0.3 is 9.47 Å². The Balaban J connectivity index is 2.86. The summed E-state index contributed by atoms with van der Waals surface area (Å²) in [5.41, 5.74) is 4.05. The van der Waals surface area contributed by atoms with E-state index in [1.54, 1.807) is 27.0 Å². The third kappa shape index (κ3) is 4.08. The van der Waals surface area contributed by atoms with E-state index in [9.17, 15) is 10.1 Å². The summed E-state index contributed by atoms with van der Waals surface area (Å²) >= 11 is 0. The number of hydrogen-bond acceptors (Lipinski definition) is 4. The van der Waals surface area contributed by atoms with Gasteiger partial charge in [-0.05, 0) is 45.8 Å². The van der Waals surface area contributed by atoms with E-state index in [0.29, 0.717) is 16.9 Å². The summed E-state index contributed by atoms with van der Waals surface area (Å²) in [5.74, 6) is 0.625. The Hall–Kier alpha value is -2.30. The monoisotopic (exact) mass is 291 g/mol. The first-order chi connectivity index (χ1) is 9.75. The molecule has 114 valence electrons. The summed E-state index contributed by atoms with van der Waals surface area (Å²) in [4.78, 5) is 10.6. The van der Waals surface area contributed by atoms with Crippen LogP contribution in [0.15, 0.2) is 30.1 Å². The number of ether oxygens (including phenoxy) is 2. The molecule has 0 aromatic heterocycles. The van der Waals surface area contributed by atoms with Crippen LogP contribution < -0.4 is 4.74 Å². The van der Waals surface area contributed by atoms with Crippen molar-refractivity contribution in [1.29, 1.82) is 0 Å². The summed E-state index contributed by atoms with van der Waals surface area (Å²) < 4.78 is 10.9. The molecule has 1 aromatic rings. The van der Waals surface area contributed by atoms with Gasteiger partial charge in [0.15, 0.2) is 0 Å². The molecule has 0 saturated heterocycles. The number of allylic oxidation sites excluding steroid dienone is 2. The van der Waals surface area contributed by atoms with Crippen LogP contribution in [0.1, 0.15) is 30.5 Å². The van der Waals surface area contributed by atoms with E-state index >= 15 is 0 Å². The van der Waals surface area contributed by atoms with Gasteiger partial charge in [0.1, 0.15) is 5.75 Å². The molecular formula is C16H21NO4. The van der Waals surface area contributed by atoms with Crippen LogP contribution >= 0.6 is 0 Å². The number of nitro benzene ring substituents is 1. The van der Waals surface area contributed by atoms with Gasteiger partial charge >= 0.3 is 0 Å². The summed E-state index contributed by atoms with van der Waals surface area (Å²) in [6.07, 6.45) is 1.59. The Morgan fingerprint density at radius 1 is 1.33 bits per heavy atom. The van der Waals surface area contributed by atoms with Crippen LogP contribution in [0.2, 0.25) is 0 Å². The molecule has 0 N–H and O–H groups in total. The molecule has 0 unspecified atom stereocenters. The first-order valence-electron chi connectivity index (χ1n) is 6.58. The maximum absolute atomic E-state index is 11.0. The molecule has 5 nitrogen and oxygen atoms in total. The summed E-state index contributed by atoms with van der Waals surface area (Å²) in [7, 11) is 0. The minimum absolute atomic E-state index is 0.0452. The van der Waals surface area contributed by atoms with Gasteiger partial charge in [0.05, 0.1) is 11.2 Å². The van der Waals surface area contributed by atoms with Gasteiger partial charge in [0.2, 0.25) is 6.79 Å². The third-order valence-corrected chi connectivity index (χ3v) is 3.40. The zero-order valence-electron chi connectivity index (χ0n) is 13.1. The molecule has 0 spiro atoms. The second-order valence-electron chi connectivity index (χ2n) is 5.06. The largest absolute Gasteiger partial charge is 0.465 e. The second-order valence-corrected chi connectivity index (χ2v) is 5.06. The summed E-state index contributed by atoms with van der Waals surface area (Å²) in [6.45, 7) is 12.9. The predicted octanol–water partition coefficient (Wildman–Crippen LogP) is 4.35. The number of nitro groups is 1. The highest BCUT2D eigenvalue weighted by atomic mass is 16.7. The topological polar surface area (TPSA) is 61.6 Å². The standard InChI is InChI=1S/C16H21NO4/c1-10(2)12(4)8-20-9-21-16-11(3)7-15(17(18)19)13(5)14(16)6/h7-8H,1,9H2,2-6H3. The smallest absolute Gasteiger partial charge is 0.273 e. The third-order valence-electron chi connectivity index (χ3n) is 3.40. The molecule has 0 saturated carbocycles. The molecule has 0 aliphatic rings. The lowest BCUT2D eigenvalue weighted by Gasteiger charge is -2.14. The van der Waals surface area contributed by atoms with Crippen LogP contribution in [-0.2, 0) is 4.74 Å². The molecular weight excluding hydrogens is 270 g/mol.